The van der Waals surface area contributed by atoms with Gasteiger partial charge in [-0.25, -0.2) is 15.0 Å². The molecule has 0 bridgehead atoms. The summed E-state index contributed by atoms with van der Waals surface area (Å²) in [6.07, 6.45) is 6.55. The van der Waals surface area contributed by atoms with Crippen LogP contribution in [0, 0.1) is 0 Å². The molecule has 1 aliphatic rings. The number of aliphatic hydroxyl groups is 1. The van der Waals surface area contributed by atoms with Crippen molar-refractivity contribution in [2.75, 3.05) is 30.5 Å². The zero-order valence-corrected chi connectivity index (χ0v) is 19.5. The highest BCUT2D eigenvalue weighted by Gasteiger charge is 2.27. The van der Waals surface area contributed by atoms with Crippen LogP contribution < -0.4 is 20.3 Å². The van der Waals surface area contributed by atoms with Crippen LogP contribution in [0.4, 0.5) is 11.8 Å². The minimum atomic E-state index is -0.352. The number of aromatic nitrogens is 4. The van der Waals surface area contributed by atoms with Gasteiger partial charge in [-0.15, -0.1) is 0 Å². The van der Waals surface area contributed by atoms with Gasteiger partial charge >= 0.3 is 0 Å². The van der Waals surface area contributed by atoms with Crippen LogP contribution in [-0.2, 0) is 13.1 Å². The Morgan fingerprint density at radius 1 is 1.26 bits per heavy atom. The third-order valence-electron chi connectivity index (χ3n) is 5.57. The number of anilines is 2. The van der Waals surface area contributed by atoms with Crippen LogP contribution in [0.3, 0.4) is 0 Å². The monoisotopic (exact) mass is 489 g/mol. The molecule has 1 aromatic carbocycles. The Hall–Kier alpha value is -3.50. The fourth-order valence-corrected chi connectivity index (χ4v) is 4.06. The van der Waals surface area contributed by atoms with Gasteiger partial charge in [0.25, 0.3) is 5.91 Å². The Bertz CT molecular complexity index is 1130. The number of halogens is 1. The number of rotatable bonds is 9. The van der Waals surface area contributed by atoms with E-state index in [9.17, 15) is 9.90 Å². The molecule has 3 aromatic rings. The first-order chi connectivity index (χ1) is 16.6. The maximum atomic E-state index is 13.0. The molecule has 1 atom stereocenters. The number of hydrogen-bond acceptors (Lipinski definition) is 9. The summed E-state index contributed by atoms with van der Waals surface area (Å²) in [5.41, 5.74) is 1.18. The first-order valence-electron chi connectivity index (χ1n) is 10.9. The van der Waals surface area contributed by atoms with Crippen molar-refractivity contribution < 1.29 is 14.6 Å². The highest BCUT2D eigenvalue weighted by molar-refractivity contribution is 6.32. The van der Waals surface area contributed by atoms with Gasteiger partial charge in [-0.2, -0.15) is 4.98 Å². The minimum Gasteiger partial charge on any atom is -0.495 e. The number of methoxy groups -OCH3 is 1. The van der Waals surface area contributed by atoms with Gasteiger partial charge in [0.05, 0.1) is 31.3 Å². The summed E-state index contributed by atoms with van der Waals surface area (Å²) in [6.45, 7) is 1.32. The normalized spacial score (nSPS) is 15.3. The summed E-state index contributed by atoms with van der Waals surface area (Å²) in [4.78, 5) is 32.2. The molecule has 34 heavy (non-hydrogen) atoms. The maximum absolute atomic E-state index is 13.0. The number of nitrogens with one attached hydrogen (secondary N) is 2. The molecule has 11 heteroatoms. The van der Waals surface area contributed by atoms with Crippen LogP contribution >= 0.6 is 11.6 Å². The molecule has 0 saturated carbocycles. The topological polar surface area (TPSA) is 125 Å². The summed E-state index contributed by atoms with van der Waals surface area (Å²) < 4.78 is 5.21. The standard InChI is InChI=1S/C23H26ClN7O3/c1-34-19-6-5-15(10-18(19)24)11-27-21-17(22(33)28-13-20-25-7-3-8-26-20)12-29-23(30-21)31-9-2-4-16(31)14-32/h3,5-8,10,12,16,32H,2,4,9,11,13-14H2,1H3,(H,28,33)(H,27,29,30)/t16-/m0/s1/i2+1,4+1,9+1,14+1,16+1,31+1. The molecule has 1 saturated heterocycles. The van der Waals surface area contributed by atoms with Crippen LogP contribution in [0.5, 0.6) is 5.75 Å². The summed E-state index contributed by atoms with van der Waals surface area (Å²) in [5.74, 6) is 1.58. The Morgan fingerprint density at radius 2 is 2.09 bits per heavy atom. The van der Waals surface area contributed by atoms with Crippen LogP contribution in [0.1, 0.15) is 34.6 Å². The smallest absolute Gasteiger partial charge is 0.256 e. The number of nitrogens with zero attached hydrogens (tertiary/aromatic N) is 5. The zero-order valence-electron chi connectivity index (χ0n) is 18.7. The largest absolute Gasteiger partial charge is 0.495 e. The third kappa shape index (κ3) is 5.52. The highest BCUT2D eigenvalue weighted by Crippen LogP contribution is 2.27. The van der Waals surface area contributed by atoms with E-state index in [1.54, 1.807) is 37.7 Å². The number of ether oxygens (including phenoxy) is 1. The van der Waals surface area contributed by atoms with Crippen molar-refractivity contribution >= 4 is 29.3 Å². The van der Waals surface area contributed by atoms with Gasteiger partial charge in [0, 0.05) is 31.7 Å². The number of carbonyl (C=O) groups excluding carboxylic acids is 1. The highest BCUT2D eigenvalue weighted by atomic mass is 35.5. The second-order valence-electron chi connectivity index (χ2n) is 7.77. The first-order valence-corrected chi connectivity index (χ1v) is 11.3. The number of amides is 1. The second kappa shape index (κ2) is 11.1. The Morgan fingerprint density at radius 3 is 2.82 bits per heavy atom. The van der Waals surface area contributed by atoms with E-state index in [0.717, 1.165) is 24.9 Å². The van der Waals surface area contributed by atoms with Crippen LogP contribution in [0.25, 0.3) is 0 Å². The Labute approximate surface area is 202 Å². The average molecular weight is 490 g/mol. The van der Waals surface area contributed by atoms with Crippen molar-refractivity contribution in [3.05, 3.63) is 64.8 Å². The molecule has 2 aromatic heterocycles. The van der Waals surface area contributed by atoms with E-state index in [1.807, 2.05) is 11.0 Å². The third-order valence-corrected chi connectivity index (χ3v) is 5.86. The zero-order chi connectivity index (χ0) is 23.9. The SMILES string of the molecule is COc1ccc(CNc2nc([15N]3[13CH2][13CH2][13CH2][13C@H]3[13CH2]O)ncc2C(=O)NCc2ncccn2)cc1Cl. The summed E-state index contributed by atoms with van der Waals surface area (Å²) in [7, 11) is 1.56. The van der Waals surface area contributed by atoms with E-state index in [4.69, 9.17) is 16.3 Å². The molecule has 4 rings (SSSR count). The minimum absolute atomic E-state index is 0.0236. The molecule has 3 heterocycles. The maximum Gasteiger partial charge on any atom is 0.256 e. The molecule has 0 unspecified atom stereocenters. The summed E-state index contributed by atoms with van der Waals surface area (Å²) in [6, 6.07) is 7.14. The molecule has 0 aliphatic carbocycles. The lowest BCUT2D eigenvalue weighted by molar-refractivity contribution is 0.0950. The fraction of sp³-hybridized carbons (Fsp3) is 0.348. The number of aliphatic hydroxyl groups excluding tert-OH is 1. The van der Waals surface area contributed by atoms with Crippen molar-refractivity contribution in [2.45, 2.75) is 32.0 Å². The lowest BCUT2D eigenvalue weighted by Crippen LogP contribution is -2.34. The number of carbonyl (C=O) groups is 1. The van der Waals surface area contributed by atoms with Gasteiger partial charge in [0.2, 0.25) is 5.95 Å². The van der Waals surface area contributed by atoms with Gasteiger partial charge in [-0.05, 0) is 36.6 Å². The van der Waals surface area contributed by atoms with Gasteiger partial charge < -0.3 is 25.4 Å². The predicted molar refractivity (Wildman–Crippen MR) is 128 cm³/mol. The molecule has 178 valence electrons. The quantitative estimate of drug-likeness (QED) is 0.307. The lowest BCUT2D eigenvalue weighted by Gasteiger charge is -2.24. The van der Waals surface area contributed by atoms with E-state index in [2.05, 4.69) is 30.6 Å². The number of benzene rings is 1. The van der Waals surface area contributed by atoms with Crippen LogP contribution in [0.15, 0.2) is 42.9 Å². The van der Waals surface area contributed by atoms with Crippen molar-refractivity contribution in [3.63, 3.8) is 0 Å². The predicted octanol–water partition coefficient (Wildman–Crippen LogP) is 2.43. The second-order valence-corrected chi connectivity index (χ2v) is 8.18. The Balaban J connectivity index is 1.56. The number of hydrogen-bond donors (Lipinski definition) is 3. The summed E-state index contributed by atoms with van der Waals surface area (Å²) >= 11 is 6.25. The van der Waals surface area contributed by atoms with Gasteiger partial charge in [-0.1, -0.05) is 17.7 Å². The van der Waals surface area contributed by atoms with Crippen molar-refractivity contribution in [3.8, 4) is 5.75 Å². The first kappa shape index (κ1) is 23.7. The fourth-order valence-electron chi connectivity index (χ4n) is 3.78. The van der Waals surface area contributed by atoms with Crippen LogP contribution in [-0.4, -0.2) is 57.3 Å². The molecule has 3 N–H and O–H groups in total. The van der Waals surface area contributed by atoms with Gasteiger partial charge in [-0.3, -0.25) is 4.79 Å². The molecular formula is C23H26ClN7O3. The Kier molecular flexibility index (Phi) is 7.71. The van der Waals surface area contributed by atoms with E-state index in [-0.39, 0.29) is 25.1 Å². The van der Waals surface area contributed by atoms with Crippen molar-refractivity contribution in [1.82, 2.24) is 25.3 Å². The van der Waals surface area contributed by atoms with E-state index < -0.39 is 0 Å². The van der Waals surface area contributed by atoms with E-state index in [1.165, 1.54) is 6.20 Å². The molecule has 1 fully saturated rings. The average Bonchev–Trinajstić information content (AvgIpc) is 3.35. The molecule has 0 spiro atoms. The summed E-state index contributed by atoms with van der Waals surface area (Å²) in [5, 5.41) is 16.2. The van der Waals surface area contributed by atoms with Gasteiger partial charge in [0.1, 0.15) is 23.0 Å². The molecule has 10 nitrogen and oxygen atoms in total. The molecular weight excluding hydrogens is 464 g/mol. The van der Waals surface area contributed by atoms with E-state index >= 15 is 0 Å². The van der Waals surface area contributed by atoms with Crippen molar-refractivity contribution in [2.24, 2.45) is 0 Å². The van der Waals surface area contributed by atoms with Crippen LogP contribution in [0.2, 0.25) is 5.02 Å². The molecule has 0 radical (unpaired) electrons. The van der Waals surface area contributed by atoms with Crippen molar-refractivity contribution in [1.29, 1.82) is 0 Å². The van der Waals surface area contributed by atoms with E-state index in [0.29, 0.717) is 40.5 Å². The van der Waals surface area contributed by atoms with Gasteiger partial charge in [0.15, 0.2) is 0 Å². The molecule has 1 amide bonds. The lowest BCUT2D eigenvalue weighted by atomic mass is 10.2. The molecule has 1 aliphatic heterocycles.